The van der Waals surface area contributed by atoms with Crippen molar-refractivity contribution in [1.29, 1.82) is 0 Å². The molecule has 0 aromatic heterocycles. The highest BCUT2D eigenvalue weighted by atomic mass is 79.9. The average Bonchev–Trinajstić information content (AvgIpc) is 1.88. The molecule has 0 radical (unpaired) electrons. The predicted molar refractivity (Wildman–Crippen MR) is 46.3 cm³/mol. The molecular formula is C7H14BrNO. The molecule has 10 heavy (non-hydrogen) atoms. The summed E-state index contributed by atoms with van der Waals surface area (Å²) in [7, 11) is 0. The number of halogens is 1. The van der Waals surface area contributed by atoms with Crippen LogP contribution in [-0.4, -0.2) is 17.8 Å². The molecule has 1 N–H and O–H groups in total. The van der Waals surface area contributed by atoms with E-state index in [9.17, 15) is 4.79 Å². The van der Waals surface area contributed by atoms with E-state index >= 15 is 0 Å². The summed E-state index contributed by atoms with van der Waals surface area (Å²) in [5, 5.41) is 3.76. The van der Waals surface area contributed by atoms with E-state index in [0.29, 0.717) is 0 Å². The van der Waals surface area contributed by atoms with E-state index in [1.165, 1.54) is 0 Å². The Hall–Kier alpha value is -0.0500. The highest BCUT2D eigenvalue weighted by molar-refractivity contribution is 9.09. The van der Waals surface area contributed by atoms with Gasteiger partial charge in [0.15, 0.2) is 0 Å². The molecule has 1 amide bonds. The van der Waals surface area contributed by atoms with Crippen molar-refractivity contribution in [2.75, 3.05) is 11.9 Å². The monoisotopic (exact) mass is 207 g/mol. The highest BCUT2D eigenvalue weighted by Crippen LogP contribution is 1.91. The zero-order valence-corrected chi connectivity index (χ0v) is 8.07. The van der Waals surface area contributed by atoms with E-state index in [4.69, 9.17) is 0 Å². The van der Waals surface area contributed by atoms with Crippen molar-refractivity contribution in [3.63, 3.8) is 0 Å². The van der Waals surface area contributed by atoms with Crippen molar-refractivity contribution >= 4 is 21.8 Å². The molecule has 0 saturated carbocycles. The maximum absolute atomic E-state index is 10.9. The number of hydrogen-bond donors (Lipinski definition) is 1. The van der Waals surface area contributed by atoms with Gasteiger partial charge in [-0.15, -0.1) is 0 Å². The van der Waals surface area contributed by atoms with Crippen molar-refractivity contribution in [3.05, 3.63) is 0 Å². The lowest BCUT2D eigenvalue weighted by molar-refractivity contribution is -0.123. The Labute approximate surface area is 70.5 Å². The quantitative estimate of drug-likeness (QED) is 0.551. The molecule has 0 aliphatic heterocycles. The first-order valence-corrected chi connectivity index (χ1v) is 4.64. The average molecular weight is 208 g/mol. The van der Waals surface area contributed by atoms with E-state index in [0.717, 1.165) is 18.3 Å². The Morgan fingerprint density at radius 1 is 1.60 bits per heavy atom. The molecule has 3 heteroatoms. The number of hydrogen-bond acceptors (Lipinski definition) is 1. The molecule has 0 rings (SSSR count). The zero-order valence-electron chi connectivity index (χ0n) is 6.48. The zero-order chi connectivity index (χ0) is 7.98. The van der Waals surface area contributed by atoms with Gasteiger partial charge in [0.2, 0.25) is 5.91 Å². The Bertz CT molecular complexity index is 104. The van der Waals surface area contributed by atoms with Crippen LogP contribution in [0.4, 0.5) is 0 Å². The molecule has 0 fully saturated rings. The Balaban J connectivity index is 3.22. The molecular weight excluding hydrogens is 194 g/mol. The molecule has 0 unspecified atom stereocenters. The van der Waals surface area contributed by atoms with Gasteiger partial charge in [-0.25, -0.2) is 0 Å². The third kappa shape index (κ3) is 4.79. The second-order valence-electron chi connectivity index (χ2n) is 2.49. The van der Waals surface area contributed by atoms with Crippen molar-refractivity contribution in [2.24, 2.45) is 5.92 Å². The van der Waals surface area contributed by atoms with Gasteiger partial charge in [-0.2, -0.15) is 0 Å². The second-order valence-corrected chi connectivity index (χ2v) is 3.28. The minimum absolute atomic E-state index is 0.107. The van der Waals surface area contributed by atoms with Gasteiger partial charge >= 0.3 is 0 Å². The number of alkyl halides is 1. The van der Waals surface area contributed by atoms with Crippen LogP contribution in [0.1, 0.15) is 20.3 Å². The van der Waals surface area contributed by atoms with Crippen LogP contribution in [0.25, 0.3) is 0 Å². The van der Waals surface area contributed by atoms with Crippen LogP contribution < -0.4 is 5.32 Å². The summed E-state index contributed by atoms with van der Waals surface area (Å²) in [6.07, 6.45) is 0.998. The van der Waals surface area contributed by atoms with Crippen LogP contribution in [0.15, 0.2) is 0 Å². The lowest BCUT2D eigenvalue weighted by Gasteiger charge is -2.05. The maximum Gasteiger partial charge on any atom is 0.222 e. The van der Waals surface area contributed by atoms with Crippen molar-refractivity contribution in [1.82, 2.24) is 5.32 Å². The fraction of sp³-hybridized carbons (Fsp3) is 0.857. The van der Waals surface area contributed by atoms with Crippen LogP contribution in [0.3, 0.4) is 0 Å². The van der Waals surface area contributed by atoms with Gasteiger partial charge in [0, 0.05) is 17.8 Å². The SMILES string of the molecule is CC(C)C(=O)NCCCBr. The van der Waals surface area contributed by atoms with E-state index in [1.807, 2.05) is 13.8 Å². The summed E-state index contributed by atoms with van der Waals surface area (Å²) in [5.74, 6) is 0.247. The van der Waals surface area contributed by atoms with Crippen LogP contribution in [0, 0.1) is 5.92 Å². The summed E-state index contributed by atoms with van der Waals surface area (Å²) in [4.78, 5) is 10.9. The van der Waals surface area contributed by atoms with Crippen LogP contribution in [0.2, 0.25) is 0 Å². The summed E-state index contributed by atoms with van der Waals surface area (Å²) >= 11 is 3.29. The molecule has 0 atom stereocenters. The summed E-state index contributed by atoms with van der Waals surface area (Å²) in [6.45, 7) is 4.56. The molecule has 0 aromatic rings. The lowest BCUT2D eigenvalue weighted by atomic mass is 10.2. The number of rotatable bonds is 4. The molecule has 60 valence electrons. The van der Waals surface area contributed by atoms with E-state index < -0.39 is 0 Å². The van der Waals surface area contributed by atoms with Crippen molar-refractivity contribution in [3.8, 4) is 0 Å². The topological polar surface area (TPSA) is 29.1 Å². The van der Waals surface area contributed by atoms with Gasteiger partial charge in [-0.1, -0.05) is 29.8 Å². The largest absolute Gasteiger partial charge is 0.356 e. The first-order chi connectivity index (χ1) is 4.68. The smallest absolute Gasteiger partial charge is 0.222 e. The van der Waals surface area contributed by atoms with Gasteiger partial charge in [0.25, 0.3) is 0 Å². The Morgan fingerprint density at radius 3 is 2.60 bits per heavy atom. The second kappa shape index (κ2) is 5.71. The molecule has 0 bridgehead atoms. The number of nitrogens with one attached hydrogen (secondary N) is 1. The standard InChI is InChI=1S/C7H14BrNO/c1-6(2)7(10)9-5-3-4-8/h6H,3-5H2,1-2H3,(H,9,10). The van der Waals surface area contributed by atoms with Crippen molar-refractivity contribution in [2.45, 2.75) is 20.3 Å². The summed E-state index contributed by atoms with van der Waals surface area (Å²) in [5.41, 5.74) is 0. The molecule has 0 aromatic carbocycles. The van der Waals surface area contributed by atoms with Gasteiger partial charge < -0.3 is 5.32 Å². The number of carbonyl (C=O) groups excluding carboxylic acids is 1. The van der Waals surface area contributed by atoms with Crippen LogP contribution in [-0.2, 0) is 4.79 Å². The first kappa shape index (κ1) is 9.95. The minimum Gasteiger partial charge on any atom is -0.356 e. The molecule has 0 saturated heterocycles. The third-order valence-electron chi connectivity index (χ3n) is 1.13. The van der Waals surface area contributed by atoms with Gasteiger partial charge in [0.1, 0.15) is 0 Å². The first-order valence-electron chi connectivity index (χ1n) is 3.52. The molecule has 0 aliphatic rings. The molecule has 0 spiro atoms. The van der Waals surface area contributed by atoms with Gasteiger partial charge in [-0.05, 0) is 6.42 Å². The maximum atomic E-state index is 10.9. The Morgan fingerprint density at radius 2 is 2.20 bits per heavy atom. The number of carbonyl (C=O) groups is 1. The fourth-order valence-corrected chi connectivity index (χ4v) is 0.763. The number of amides is 1. The molecule has 2 nitrogen and oxygen atoms in total. The van der Waals surface area contributed by atoms with E-state index in [-0.39, 0.29) is 11.8 Å². The van der Waals surface area contributed by atoms with Crippen LogP contribution >= 0.6 is 15.9 Å². The van der Waals surface area contributed by atoms with Crippen LogP contribution in [0.5, 0.6) is 0 Å². The summed E-state index contributed by atoms with van der Waals surface area (Å²) in [6, 6.07) is 0. The normalized spacial score (nSPS) is 10.0. The summed E-state index contributed by atoms with van der Waals surface area (Å²) < 4.78 is 0. The fourth-order valence-electron chi connectivity index (χ4n) is 0.483. The molecule has 0 heterocycles. The lowest BCUT2D eigenvalue weighted by Crippen LogP contribution is -2.28. The van der Waals surface area contributed by atoms with Crippen molar-refractivity contribution < 1.29 is 4.79 Å². The van der Waals surface area contributed by atoms with Gasteiger partial charge in [0.05, 0.1) is 0 Å². The van der Waals surface area contributed by atoms with E-state index in [2.05, 4.69) is 21.2 Å². The third-order valence-corrected chi connectivity index (χ3v) is 1.69. The minimum atomic E-state index is 0.107. The van der Waals surface area contributed by atoms with Gasteiger partial charge in [-0.3, -0.25) is 4.79 Å². The van der Waals surface area contributed by atoms with E-state index in [1.54, 1.807) is 0 Å². The molecule has 0 aliphatic carbocycles. The highest BCUT2D eigenvalue weighted by Gasteiger charge is 2.03. The Kier molecular flexibility index (Phi) is 5.69. The predicted octanol–water partition coefficient (Wildman–Crippen LogP) is 1.54.